The highest BCUT2D eigenvalue weighted by Crippen LogP contribution is 2.34. The molecule has 4 rings (SSSR count). The van der Waals surface area contributed by atoms with E-state index in [1.807, 2.05) is 12.3 Å². The quantitative estimate of drug-likeness (QED) is 0.721. The van der Waals surface area contributed by atoms with Gasteiger partial charge in [0.25, 0.3) is 5.91 Å². The number of ether oxygens (including phenoxy) is 2. The van der Waals surface area contributed by atoms with Crippen molar-refractivity contribution in [2.24, 2.45) is 0 Å². The summed E-state index contributed by atoms with van der Waals surface area (Å²) in [5, 5.41) is 3.78. The molecule has 0 fully saturated rings. The van der Waals surface area contributed by atoms with Crippen molar-refractivity contribution >= 4 is 22.8 Å². The minimum absolute atomic E-state index is 0.164. The highest BCUT2D eigenvalue weighted by atomic mass is 16.5. The van der Waals surface area contributed by atoms with Crippen molar-refractivity contribution in [2.75, 3.05) is 13.7 Å². The molecule has 0 radical (unpaired) electrons. The van der Waals surface area contributed by atoms with E-state index in [1.54, 1.807) is 30.3 Å². The van der Waals surface area contributed by atoms with Crippen molar-refractivity contribution in [3.05, 3.63) is 59.3 Å². The standard InChI is InChI=1S/C19H16N2O4/c1-24-19(23)11-3-2-4-13(9-11)25-15-6-5-14-16-12(10-21-14)7-8-20-18(22)17(15)16/h2-6,9-10,21H,7-8H2,1H3,(H,20,22). The molecule has 6 nitrogen and oxygen atoms in total. The molecule has 2 N–H and O–H groups in total. The lowest BCUT2D eigenvalue weighted by molar-refractivity contribution is 0.0600. The van der Waals surface area contributed by atoms with Gasteiger partial charge >= 0.3 is 5.97 Å². The van der Waals surface area contributed by atoms with E-state index in [2.05, 4.69) is 10.3 Å². The van der Waals surface area contributed by atoms with Gasteiger partial charge in [0.15, 0.2) is 0 Å². The summed E-state index contributed by atoms with van der Waals surface area (Å²) in [6.45, 7) is 0.581. The first-order valence-electron chi connectivity index (χ1n) is 7.95. The first-order valence-corrected chi connectivity index (χ1v) is 7.95. The van der Waals surface area contributed by atoms with Crippen molar-refractivity contribution < 1.29 is 19.1 Å². The maximum absolute atomic E-state index is 12.5. The Morgan fingerprint density at radius 1 is 1.20 bits per heavy atom. The molecule has 1 amide bonds. The highest BCUT2D eigenvalue weighted by Gasteiger charge is 2.23. The number of benzene rings is 2. The summed E-state index contributed by atoms with van der Waals surface area (Å²) in [6.07, 6.45) is 2.69. The van der Waals surface area contributed by atoms with Crippen LogP contribution in [0.1, 0.15) is 26.3 Å². The van der Waals surface area contributed by atoms with Crippen LogP contribution < -0.4 is 10.1 Å². The fourth-order valence-electron chi connectivity index (χ4n) is 3.11. The van der Waals surface area contributed by atoms with Crippen LogP contribution in [-0.4, -0.2) is 30.5 Å². The van der Waals surface area contributed by atoms with Gasteiger partial charge in [0.05, 0.1) is 18.2 Å². The summed E-state index contributed by atoms with van der Waals surface area (Å²) in [4.78, 5) is 27.4. The molecule has 0 unspecified atom stereocenters. The van der Waals surface area contributed by atoms with Crippen LogP contribution in [0.3, 0.4) is 0 Å². The Bertz CT molecular complexity index is 990. The normalized spacial score (nSPS) is 13.2. The summed E-state index contributed by atoms with van der Waals surface area (Å²) >= 11 is 0. The zero-order valence-electron chi connectivity index (χ0n) is 13.6. The molecular weight excluding hydrogens is 320 g/mol. The van der Waals surface area contributed by atoms with Gasteiger partial charge in [-0.15, -0.1) is 0 Å². The third-order valence-corrected chi connectivity index (χ3v) is 4.28. The number of methoxy groups -OCH3 is 1. The molecule has 0 spiro atoms. The number of nitrogens with one attached hydrogen (secondary N) is 2. The number of amides is 1. The summed E-state index contributed by atoms with van der Waals surface area (Å²) in [6, 6.07) is 10.3. The van der Waals surface area contributed by atoms with Crippen molar-refractivity contribution in [3.8, 4) is 11.5 Å². The Kier molecular flexibility index (Phi) is 3.65. The summed E-state index contributed by atoms with van der Waals surface area (Å²) in [5.41, 5.74) is 2.88. The van der Waals surface area contributed by atoms with Crippen molar-refractivity contribution in [3.63, 3.8) is 0 Å². The summed E-state index contributed by atoms with van der Waals surface area (Å²) in [5.74, 6) is 0.315. The van der Waals surface area contributed by atoms with Gasteiger partial charge in [-0.3, -0.25) is 4.79 Å². The van der Waals surface area contributed by atoms with Crippen LogP contribution in [-0.2, 0) is 11.2 Å². The number of hydrogen-bond acceptors (Lipinski definition) is 4. The van der Waals surface area contributed by atoms with Gasteiger partial charge in [0.2, 0.25) is 0 Å². The fourth-order valence-corrected chi connectivity index (χ4v) is 3.11. The number of esters is 1. The zero-order chi connectivity index (χ0) is 17.4. The van der Waals surface area contributed by atoms with Gasteiger partial charge in [0, 0.05) is 23.6 Å². The van der Waals surface area contributed by atoms with Crippen LogP contribution in [0.25, 0.3) is 10.9 Å². The maximum Gasteiger partial charge on any atom is 0.337 e. The first kappa shape index (κ1) is 15.3. The second-order valence-electron chi connectivity index (χ2n) is 5.80. The van der Waals surface area contributed by atoms with Gasteiger partial charge in [0.1, 0.15) is 11.5 Å². The Labute approximate surface area is 143 Å². The lowest BCUT2D eigenvalue weighted by atomic mass is 10.0. The van der Waals surface area contributed by atoms with Crippen LogP contribution in [0.15, 0.2) is 42.6 Å². The van der Waals surface area contributed by atoms with E-state index >= 15 is 0 Å². The Balaban J connectivity index is 1.80. The molecule has 3 aromatic rings. The Morgan fingerprint density at radius 2 is 2.08 bits per heavy atom. The molecule has 2 aromatic carbocycles. The van der Waals surface area contributed by atoms with Gasteiger partial charge in [-0.2, -0.15) is 0 Å². The number of carbonyl (C=O) groups excluding carboxylic acids is 2. The smallest absolute Gasteiger partial charge is 0.337 e. The number of hydrogen-bond donors (Lipinski definition) is 2. The lowest BCUT2D eigenvalue weighted by Gasteiger charge is -2.12. The van der Waals surface area contributed by atoms with Gasteiger partial charge < -0.3 is 19.8 Å². The van der Waals surface area contributed by atoms with Crippen LogP contribution in [0, 0.1) is 0 Å². The number of carbonyl (C=O) groups is 2. The van der Waals surface area contributed by atoms with E-state index in [9.17, 15) is 9.59 Å². The van der Waals surface area contributed by atoms with Gasteiger partial charge in [-0.1, -0.05) is 6.07 Å². The molecule has 25 heavy (non-hydrogen) atoms. The number of rotatable bonds is 3. The van der Waals surface area contributed by atoms with Gasteiger partial charge in [-0.25, -0.2) is 4.79 Å². The zero-order valence-corrected chi connectivity index (χ0v) is 13.6. The number of H-pyrrole nitrogens is 1. The topological polar surface area (TPSA) is 80.4 Å². The molecule has 2 heterocycles. The molecule has 0 bridgehead atoms. The molecule has 1 aliphatic rings. The molecule has 0 saturated heterocycles. The minimum atomic E-state index is -0.440. The van der Waals surface area contributed by atoms with E-state index in [-0.39, 0.29) is 5.91 Å². The number of aromatic nitrogens is 1. The van der Waals surface area contributed by atoms with Crippen LogP contribution >= 0.6 is 0 Å². The fraction of sp³-hybridized carbons (Fsp3) is 0.158. The molecule has 0 saturated carbocycles. The number of aromatic amines is 1. The molecule has 0 atom stereocenters. The molecule has 1 aromatic heterocycles. The monoisotopic (exact) mass is 336 g/mol. The highest BCUT2D eigenvalue weighted by molar-refractivity contribution is 6.10. The molecule has 126 valence electrons. The largest absolute Gasteiger partial charge is 0.465 e. The first-order chi connectivity index (χ1) is 12.2. The van der Waals surface area contributed by atoms with E-state index in [4.69, 9.17) is 9.47 Å². The predicted octanol–water partition coefficient (Wildman–Crippen LogP) is 3.03. The summed E-state index contributed by atoms with van der Waals surface area (Å²) in [7, 11) is 1.33. The third-order valence-electron chi connectivity index (χ3n) is 4.28. The summed E-state index contributed by atoms with van der Waals surface area (Å²) < 4.78 is 10.7. The molecule has 1 aliphatic heterocycles. The predicted molar refractivity (Wildman–Crippen MR) is 92.2 cm³/mol. The Hall–Kier alpha value is -3.28. The lowest BCUT2D eigenvalue weighted by Crippen LogP contribution is -2.24. The average molecular weight is 336 g/mol. The molecular formula is C19H16N2O4. The van der Waals surface area contributed by atoms with Crippen LogP contribution in [0.4, 0.5) is 0 Å². The maximum atomic E-state index is 12.5. The van der Waals surface area contributed by atoms with Gasteiger partial charge in [-0.05, 0) is 42.3 Å². The van der Waals surface area contributed by atoms with Crippen molar-refractivity contribution in [1.82, 2.24) is 10.3 Å². The SMILES string of the molecule is COC(=O)c1cccc(Oc2ccc3[nH]cc4c3c2C(=O)NCC4)c1. The van der Waals surface area contributed by atoms with E-state index < -0.39 is 5.97 Å². The second kappa shape index (κ2) is 5.98. The van der Waals surface area contributed by atoms with Crippen molar-refractivity contribution in [2.45, 2.75) is 6.42 Å². The minimum Gasteiger partial charge on any atom is -0.465 e. The third kappa shape index (κ3) is 2.61. The second-order valence-corrected chi connectivity index (χ2v) is 5.80. The van der Waals surface area contributed by atoms with E-state index in [0.29, 0.717) is 29.2 Å². The molecule has 0 aliphatic carbocycles. The van der Waals surface area contributed by atoms with Crippen LogP contribution in [0.2, 0.25) is 0 Å². The van der Waals surface area contributed by atoms with Crippen molar-refractivity contribution in [1.29, 1.82) is 0 Å². The Morgan fingerprint density at radius 3 is 2.92 bits per heavy atom. The van der Waals surface area contributed by atoms with E-state index in [1.165, 1.54) is 7.11 Å². The average Bonchev–Trinajstić information content (AvgIpc) is 2.95. The van der Waals surface area contributed by atoms with E-state index in [0.717, 1.165) is 22.9 Å². The van der Waals surface area contributed by atoms with Crippen LogP contribution in [0.5, 0.6) is 11.5 Å². The molecule has 6 heteroatoms.